The van der Waals surface area contributed by atoms with E-state index in [0.29, 0.717) is 0 Å². The first-order valence-corrected chi connectivity index (χ1v) is 7.25. The molecule has 0 aliphatic carbocycles. The van der Waals surface area contributed by atoms with Crippen LogP contribution in [0.3, 0.4) is 0 Å². The fourth-order valence-corrected chi connectivity index (χ4v) is 2.68. The smallest absolute Gasteiger partial charge is 0.0705 e. The molecule has 1 aromatic heterocycles. The number of hydrogen-bond acceptors (Lipinski definition) is 1. The summed E-state index contributed by atoms with van der Waals surface area (Å²) in [5.41, 5.74) is 8.53. The lowest BCUT2D eigenvalue weighted by Gasteiger charge is -2.12. The number of nitrogens with zero attached hydrogens (tertiary/aromatic N) is 1. The monoisotopic (exact) mass is 273 g/mol. The summed E-state index contributed by atoms with van der Waals surface area (Å²) in [5.74, 6) is 0. The predicted molar refractivity (Wildman–Crippen MR) is 89.3 cm³/mol. The van der Waals surface area contributed by atoms with Crippen molar-refractivity contribution in [2.24, 2.45) is 0 Å². The highest BCUT2D eigenvalue weighted by atomic mass is 14.7. The van der Waals surface area contributed by atoms with Crippen LogP contribution in [0.25, 0.3) is 22.4 Å². The normalized spacial score (nSPS) is 10.6. The van der Waals surface area contributed by atoms with Gasteiger partial charge in [0, 0.05) is 11.8 Å². The average molecular weight is 273 g/mol. The molecule has 0 saturated heterocycles. The predicted octanol–water partition coefficient (Wildman–Crippen LogP) is 5.34. The van der Waals surface area contributed by atoms with E-state index in [1.807, 2.05) is 6.20 Å². The second kappa shape index (κ2) is 5.53. The molecule has 0 fully saturated rings. The van der Waals surface area contributed by atoms with Gasteiger partial charge in [0.1, 0.15) is 0 Å². The molecule has 0 radical (unpaired) electrons. The molecule has 3 aromatic rings. The third kappa shape index (κ3) is 2.73. The largest absolute Gasteiger partial charge is 0.256 e. The van der Waals surface area contributed by atoms with E-state index in [4.69, 9.17) is 0 Å². The minimum absolute atomic E-state index is 1.04. The number of rotatable bonds is 2. The molecule has 2 aromatic carbocycles. The molecule has 3 rings (SSSR count). The Balaban J connectivity index is 2.16. The molecule has 1 nitrogen and oxygen atoms in total. The molecule has 0 aliphatic heterocycles. The molecule has 0 saturated carbocycles. The number of hydrogen-bond donors (Lipinski definition) is 0. The summed E-state index contributed by atoms with van der Waals surface area (Å²) in [7, 11) is 0. The van der Waals surface area contributed by atoms with Gasteiger partial charge in [-0.2, -0.15) is 0 Å². The van der Waals surface area contributed by atoms with Crippen LogP contribution in [0, 0.1) is 20.8 Å². The quantitative estimate of drug-likeness (QED) is 0.614. The van der Waals surface area contributed by atoms with Crippen molar-refractivity contribution in [1.29, 1.82) is 0 Å². The maximum atomic E-state index is 4.57. The van der Waals surface area contributed by atoms with Crippen molar-refractivity contribution in [3.8, 4) is 22.4 Å². The van der Waals surface area contributed by atoms with Gasteiger partial charge < -0.3 is 0 Å². The molecular weight excluding hydrogens is 254 g/mol. The molecular formula is C20H19N. The lowest BCUT2D eigenvalue weighted by Crippen LogP contribution is -1.92. The van der Waals surface area contributed by atoms with Gasteiger partial charge in [0.05, 0.1) is 5.69 Å². The van der Waals surface area contributed by atoms with Gasteiger partial charge in [-0.05, 0) is 60.7 Å². The molecule has 0 bridgehead atoms. The van der Waals surface area contributed by atoms with E-state index in [2.05, 4.69) is 80.4 Å². The zero-order chi connectivity index (χ0) is 14.8. The topological polar surface area (TPSA) is 12.9 Å². The Hall–Kier alpha value is -2.41. The second-order valence-electron chi connectivity index (χ2n) is 5.57. The van der Waals surface area contributed by atoms with E-state index in [9.17, 15) is 0 Å². The lowest BCUT2D eigenvalue weighted by atomic mass is 9.93. The van der Waals surface area contributed by atoms with Crippen LogP contribution in [0.4, 0.5) is 0 Å². The van der Waals surface area contributed by atoms with Crippen LogP contribution in [0.15, 0.2) is 60.8 Å². The van der Waals surface area contributed by atoms with Crippen LogP contribution in [0.5, 0.6) is 0 Å². The molecule has 1 heterocycles. The standard InChI is InChI=1S/C20H19N/c1-14-9-10-20(21-13-14)19-12-18(15(2)11-16(19)3)17-7-5-4-6-8-17/h4-13H,1-3H3. The average Bonchev–Trinajstić information content (AvgIpc) is 2.49. The van der Waals surface area contributed by atoms with Crippen molar-refractivity contribution in [2.45, 2.75) is 20.8 Å². The third-order valence-corrected chi connectivity index (χ3v) is 3.84. The Bertz CT molecular complexity index is 756. The zero-order valence-electron chi connectivity index (χ0n) is 12.7. The van der Waals surface area contributed by atoms with Gasteiger partial charge in [0.25, 0.3) is 0 Å². The number of aryl methyl sites for hydroxylation is 3. The minimum Gasteiger partial charge on any atom is -0.256 e. The molecule has 21 heavy (non-hydrogen) atoms. The third-order valence-electron chi connectivity index (χ3n) is 3.84. The Morgan fingerprint density at radius 2 is 1.43 bits per heavy atom. The Kier molecular flexibility index (Phi) is 3.57. The van der Waals surface area contributed by atoms with E-state index >= 15 is 0 Å². The molecule has 1 heteroatoms. The summed E-state index contributed by atoms with van der Waals surface area (Å²) in [6, 6.07) is 19.3. The SMILES string of the molecule is Cc1ccc(-c2cc(-c3ccccc3)c(C)cc2C)nc1. The first-order valence-electron chi connectivity index (χ1n) is 7.25. The van der Waals surface area contributed by atoms with Crippen molar-refractivity contribution in [3.63, 3.8) is 0 Å². The van der Waals surface area contributed by atoms with Crippen LogP contribution >= 0.6 is 0 Å². The highest BCUT2D eigenvalue weighted by Crippen LogP contribution is 2.31. The van der Waals surface area contributed by atoms with Crippen LogP contribution in [-0.4, -0.2) is 4.98 Å². The first kappa shape index (κ1) is 13.6. The van der Waals surface area contributed by atoms with Crippen LogP contribution in [0.1, 0.15) is 16.7 Å². The van der Waals surface area contributed by atoms with E-state index in [1.54, 1.807) is 0 Å². The maximum absolute atomic E-state index is 4.57. The van der Waals surface area contributed by atoms with Crippen molar-refractivity contribution < 1.29 is 0 Å². The molecule has 0 atom stereocenters. The van der Waals surface area contributed by atoms with Gasteiger partial charge in [0.15, 0.2) is 0 Å². The van der Waals surface area contributed by atoms with Crippen LogP contribution in [-0.2, 0) is 0 Å². The summed E-state index contributed by atoms with van der Waals surface area (Å²) >= 11 is 0. The second-order valence-corrected chi connectivity index (χ2v) is 5.57. The Morgan fingerprint density at radius 1 is 0.714 bits per heavy atom. The van der Waals surface area contributed by atoms with Crippen molar-refractivity contribution in [2.75, 3.05) is 0 Å². The van der Waals surface area contributed by atoms with Crippen molar-refractivity contribution >= 4 is 0 Å². The van der Waals surface area contributed by atoms with E-state index < -0.39 is 0 Å². The molecule has 0 aliphatic rings. The van der Waals surface area contributed by atoms with E-state index in [0.717, 1.165) is 5.69 Å². The Morgan fingerprint density at radius 3 is 2.10 bits per heavy atom. The highest BCUT2D eigenvalue weighted by molar-refractivity contribution is 5.76. The van der Waals surface area contributed by atoms with Crippen LogP contribution < -0.4 is 0 Å². The summed E-state index contributed by atoms with van der Waals surface area (Å²) < 4.78 is 0. The van der Waals surface area contributed by atoms with Gasteiger partial charge in [-0.1, -0.05) is 42.5 Å². The molecule has 104 valence electrons. The fraction of sp³-hybridized carbons (Fsp3) is 0.150. The number of pyridine rings is 1. The lowest BCUT2D eigenvalue weighted by molar-refractivity contribution is 1.25. The van der Waals surface area contributed by atoms with Gasteiger partial charge in [0.2, 0.25) is 0 Å². The molecule has 0 amide bonds. The number of benzene rings is 2. The first-order chi connectivity index (χ1) is 10.1. The van der Waals surface area contributed by atoms with Crippen molar-refractivity contribution in [3.05, 3.63) is 77.5 Å². The van der Waals surface area contributed by atoms with Gasteiger partial charge in [-0.25, -0.2) is 0 Å². The molecule has 0 N–H and O–H groups in total. The zero-order valence-corrected chi connectivity index (χ0v) is 12.7. The van der Waals surface area contributed by atoms with Gasteiger partial charge in [-0.3, -0.25) is 4.98 Å². The summed E-state index contributed by atoms with van der Waals surface area (Å²) in [5, 5.41) is 0. The minimum atomic E-state index is 1.04. The van der Waals surface area contributed by atoms with E-state index in [-0.39, 0.29) is 0 Å². The van der Waals surface area contributed by atoms with Gasteiger partial charge >= 0.3 is 0 Å². The highest BCUT2D eigenvalue weighted by Gasteiger charge is 2.09. The summed E-state index contributed by atoms with van der Waals surface area (Å²) in [6.45, 7) is 6.38. The molecule has 0 spiro atoms. The summed E-state index contributed by atoms with van der Waals surface area (Å²) in [4.78, 5) is 4.57. The van der Waals surface area contributed by atoms with Crippen molar-refractivity contribution in [1.82, 2.24) is 4.98 Å². The fourth-order valence-electron chi connectivity index (χ4n) is 2.68. The van der Waals surface area contributed by atoms with Crippen LogP contribution in [0.2, 0.25) is 0 Å². The maximum Gasteiger partial charge on any atom is 0.0705 e. The Labute approximate surface area is 126 Å². The van der Waals surface area contributed by atoms with Gasteiger partial charge in [-0.15, -0.1) is 0 Å². The number of aromatic nitrogens is 1. The molecule has 0 unspecified atom stereocenters. The van der Waals surface area contributed by atoms with E-state index in [1.165, 1.54) is 33.4 Å². The summed E-state index contributed by atoms with van der Waals surface area (Å²) in [6.07, 6.45) is 1.93.